The molecule has 0 aliphatic carbocycles. The zero-order chi connectivity index (χ0) is 13.0. The summed E-state index contributed by atoms with van der Waals surface area (Å²) in [5.41, 5.74) is 7.92. The monoisotopic (exact) mass is 264 g/mol. The molecule has 0 aliphatic heterocycles. The van der Waals surface area contributed by atoms with Gasteiger partial charge in [-0.1, -0.05) is 23.7 Å². The maximum Gasteiger partial charge on any atom is 0.142 e. The number of hydrogen-bond acceptors (Lipinski definition) is 2. The van der Waals surface area contributed by atoms with Gasteiger partial charge in [-0.2, -0.15) is 0 Å². The van der Waals surface area contributed by atoms with Crippen LogP contribution in [0.3, 0.4) is 0 Å². The van der Waals surface area contributed by atoms with Crippen molar-refractivity contribution in [1.29, 1.82) is 0 Å². The number of aromatic nitrogens is 1. The van der Waals surface area contributed by atoms with Crippen LogP contribution < -0.4 is 5.73 Å². The second-order valence-corrected chi connectivity index (χ2v) is 4.61. The van der Waals surface area contributed by atoms with E-state index >= 15 is 0 Å². The van der Waals surface area contributed by atoms with Crippen molar-refractivity contribution >= 4 is 11.6 Å². The third-order valence-corrected chi connectivity index (χ3v) is 3.18. The summed E-state index contributed by atoms with van der Waals surface area (Å²) in [6.45, 7) is 0. The molecule has 0 radical (unpaired) electrons. The van der Waals surface area contributed by atoms with E-state index in [1.54, 1.807) is 24.5 Å². The van der Waals surface area contributed by atoms with Crippen LogP contribution in [0.25, 0.3) is 0 Å². The highest BCUT2D eigenvalue weighted by Crippen LogP contribution is 2.21. The van der Waals surface area contributed by atoms with E-state index in [2.05, 4.69) is 4.98 Å². The van der Waals surface area contributed by atoms with Crippen LogP contribution in [0.2, 0.25) is 5.02 Å². The molecule has 0 bridgehead atoms. The maximum atomic E-state index is 13.3. The second-order valence-electron chi connectivity index (χ2n) is 4.24. The van der Waals surface area contributed by atoms with Gasteiger partial charge in [-0.15, -0.1) is 0 Å². The molecule has 0 amide bonds. The zero-order valence-corrected chi connectivity index (χ0v) is 10.6. The van der Waals surface area contributed by atoms with E-state index in [0.29, 0.717) is 6.42 Å². The van der Waals surface area contributed by atoms with Gasteiger partial charge in [0.25, 0.3) is 0 Å². The Kier molecular flexibility index (Phi) is 4.28. The molecule has 94 valence electrons. The molecule has 0 fully saturated rings. The lowest BCUT2D eigenvalue weighted by Crippen LogP contribution is -2.25. The van der Waals surface area contributed by atoms with E-state index < -0.39 is 5.82 Å². The van der Waals surface area contributed by atoms with Gasteiger partial charge in [-0.25, -0.2) is 4.39 Å². The Balaban J connectivity index is 2.03. The molecule has 1 atom stereocenters. The Bertz CT molecular complexity index is 516. The van der Waals surface area contributed by atoms with Crippen LogP contribution in [0.1, 0.15) is 11.1 Å². The average molecular weight is 265 g/mol. The SMILES string of the molecule is NC(Cc1ccncc1)Cc1cccc(F)c1Cl. The first-order valence-corrected chi connectivity index (χ1v) is 6.12. The lowest BCUT2D eigenvalue weighted by atomic mass is 10.0. The highest BCUT2D eigenvalue weighted by atomic mass is 35.5. The van der Waals surface area contributed by atoms with Gasteiger partial charge in [0.15, 0.2) is 0 Å². The molecule has 0 spiro atoms. The van der Waals surface area contributed by atoms with E-state index in [9.17, 15) is 4.39 Å². The molecule has 1 heterocycles. The third-order valence-electron chi connectivity index (χ3n) is 2.76. The van der Waals surface area contributed by atoms with E-state index in [4.69, 9.17) is 17.3 Å². The maximum absolute atomic E-state index is 13.3. The van der Waals surface area contributed by atoms with E-state index in [1.807, 2.05) is 12.1 Å². The molecule has 1 unspecified atom stereocenters. The first-order chi connectivity index (χ1) is 8.66. The fourth-order valence-electron chi connectivity index (χ4n) is 1.88. The first-order valence-electron chi connectivity index (χ1n) is 5.74. The fourth-order valence-corrected chi connectivity index (χ4v) is 2.09. The molecule has 4 heteroatoms. The summed E-state index contributed by atoms with van der Waals surface area (Å²) in [4.78, 5) is 3.95. The number of rotatable bonds is 4. The van der Waals surface area contributed by atoms with E-state index in [-0.39, 0.29) is 11.1 Å². The Labute approximate surface area is 111 Å². The molecule has 18 heavy (non-hydrogen) atoms. The van der Waals surface area contributed by atoms with Crippen molar-refractivity contribution < 1.29 is 4.39 Å². The number of benzene rings is 1. The summed E-state index contributed by atoms with van der Waals surface area (Å²) >= 11 is 5.90. The quantitative estimate of drug-likeness (QED) is 0.922. The predicted molar refractivity (Wildman–Crippen MR) is 71.0 cm³/mol. The summed E-state index contributed by atoms with van der Waals surface area (Å²) < 4.78 is 13.3. The summed E-state index contributed by atoms with van der Waals surface area (Å²) in [7, 11) is 0. The minimum Gasteiger partial charge on any atom is -0.327 e. The molecule has 1 aromatic heterocycles. The molecule has 0 saturated heterocycles. The number of halogens is 2. The van der Waals surface area contributed by atoms with Gasteiger partial charge in [0.2, 0.25) is 0 Å². The lowest BCUT2D eigenvalue weighted by molar-refractivity contribution is 0.618. The zero-order valence-electron chi connectivity index (χ0n) is 9.81. The largest absolute Gasteiger partial charge is 0.327 e. The van der Waals surface area contributed by atoms with Gasteiger partial charge in [-0.3, -0.25) is 4.98 Å². The third kappa shape index (κ3) is 3.28. The second kappa shape index (κ2) is 5.94. The van der Waals surface area contributed by atoms with Crippen molar-refractivity contribution in [2.45, 2.75) is 18.9 Å². The minimum absolute atomic E-state index is 0.0910. The van der Waals surface area contributed by atoms with Crippen molar-refractivity contribution in [2.24, 2.45) is 5.73 Å². The Morgan fingerprint density at radius 1 is 1.17 bits per heavy atom. The van der Waals surface area contributed by atoms with Gasteiger partial charge < -0.3 is 5.73 Å². The number of hydrogen-bond donors (Lipinski definition) is 1. The Morgan fingerprint density at radius 3 is 2.61 bits per heavy atom. The molecule has 2 N–H and O–H groups in total. The van der Waals surface area contributed by atoms with Crippen molar-refractivity contribution in [3.8, 4) is 0 Å². The highest BCUT2D eigenvalue weighted by Gasteiger charge is 2.10. The van der Waals surface area contributed by atoms with Gasteiger partial charge >= 0.3 is 0 Å². The van der Waals surface area contributed by atoms with Crippen LogP contribution in [0.15, 0.2) is 42.7 Å². The van der Waals surface area contributed by atoms with Crippen molar-refractivity contribution in [2.75, 3.05) is 0 Å². The lowest BCUT2D eigenvalue weighted by Gasteiger charge is -2.13. The average Bonchev–Trinajstić information content (AvgIpc) is 2.36. The minimum atomic E-state index is -0.398. The molecule has 0 saturated carbocycles. The van der Waals surface area contributed by atoms with E-state index in [0.717, 1.165) is 17.5 Å². The van der Waals surface area contributed by atoms with Crippen molar-refractivity contribution in [3.05, 3.63) is 64.7 Å². The fraction of sp³-hybridized carbons (Fsp3) is 0.214. The van der Waals surface area contributed by atoms with Gasteiger partial charge in [0, 0.05) is 18.4 Å². The summed E-state index contributed by atoms with van der Waals surface area (Å²) in [5.74, 6) is -0.398. The number of nitrogens with two attached hydrogens (primary N) is 1. The van der Waals surface area contributed by atoms with Gasteiger partial charge in [-0.05, 0) is 42.2 Å². The summed E-state index contributed by atoms with van der Waals surface area (Å²) in [6.07, 6.45) is 4.74. The molecule has 0 aliphatic rings. The van der Waals surface area contributed by atoms with Crippen LogP contribution in [-0.2, 0) is 12.8 Å². The summed E-state index contributed by atoms with van der Waals surface area (Å²) in [5, 5.41) is 0.169. The van der Waals surface area contributed by atoms with E-state index in [1.165, 1.54) is 6.07 Å². The first kappa shape index (κ1) is 13.0. The normalized spacial score (nSPS) is 12.4. The predicted octanol–water partition coefficient (Wildman–Crippen LogP) is 2.99. The molecule has 1 aromatic carbocycles. The van der Waals surface area contributed by atoms with Crippen molar-refractivity contribution in [1.82, 2.24) is 4.98 Å². The van der Waals surface area contributed by atoms with Gasteiger partial charge in [0.1, 0.15) is 5.82 Å². The molecule has 2 rings (SSSR count). The standard InChI is InChI=1S/C14H14ClFN2/c15-14-11(2-1-3-13(14)16)9-12(17)8-10-4-6-18-7-5-10/h1-7,12H,8-9,17H2. The van der Waals surface area contributed by atoms with Crippen LogP contribution in [0.4, 0.5) is 4.39 Å². The Morgan fingerprint density at radius 2 is 1.89 bits per heavy atom. The van der Waals surface area contributed by atoms with Crippen LogP contribution in [0.5, 0.6) is 0 Å². The summed E-state index contributed by atoms with van der Waals surface area (Å²) in [6, 6.07) is 8.56. The topological polar surface area (TPSA) is 38.9 Å². The number of nitrogens with zero attached hydrogens (tertiary/aromatic N) is 1. The molecule has 2 nitrogen and oxygen atoms in total. The van der Waals surface area contributed by atoms with Crippen molar-refractivity contribution in [3.63, 3.8) is 0 Å². The molecule has 2 aromatic rings. The highest BCUT2D eigenvalue weighted by molar-refractivity contribution is 6.31. The van der Waals surface area contributed by atoms with Gasteiger partial charge in [0.05, 0.1) is 5.02 Å². The number of pyridine rings is 1. The van der Waals surface area contributed by atoms with Crippen LogP contribution >= 0.6 is 11.6 Å². The van der Waals surface area contributed by atoms with Crippen LogP contribution in [-0.4, -0.2) is 11.0 Å². The molecular formula is C14H14ClFN2. The smallest absolute Gasteiger partial charge is 0.142 e. The van der Waals surface area contributed by atoms with Crippen LogP contribution in [0, 0.1) is 5.82 Å². The Hall–Kier alpha value is -1.45. The molecular weight excluding hydrogens is 251 g/mol.